The minimum atomic E-state index is -0.617. The molecule has 1 aliphatic heterocycles. The molecule has 1 heterocycles. The Labute approximate surface area is 161 Å². The van der Waals surface area contributed by atoms with Gasteiger partial charge in [0.2, 0.25) is 0 Å². The number of aryl methyl sites for hydroxylation is 1. The Balaban J connectivity index is 2.07. The van der Waals surface area contributed by atoms with Crippen LogP contribution in [0, 0.1) is 6.92 Å². The zero-order chi connectivity index (χ0) is 19.4. The van der Waals surface area contributed by atoms with Crippen LogP contribution in [0.25, 0.3) is 6.08 Å². The van der Waals surface area contributed by atoms with Gasteiger partial charge in [-0.05, 0) is 49.2 Å². The maximum absolute atomic E-state index is 12.4. The molecule has 3 rings (SSSR count). The fourth-order valence-corrected chi connectivity index (χ4v) is 3.58. The minimum Gasteiger partial charge on any atom is -0.508 e. The lowest BCUT2D eigenvalue weighted by molar-refractivity contribution is -0.138. The number of hydrogen-bond donors (Lipinski definition) is 2. The van der Waals surface area contributed by atoms with E-state index in [4.69, 9.17) is 4.74 Å². The van der Waals surface area contributed by atoms with Crippen LogP contribution in [0.1, 0.15) is 18.1 Å². The van der Waals surface area contributed by atoms with Gasteiger partial charge in [-0.15, -0.1) is 0 Å². The van der Waals surface area contributed by atoms with E-state index >= 15 is 0 Å². The van der Waals surface area contributed by atoms with Crippen molar-refractivity contribution in [3.8, 4) is 5.75 Å². The quantitative estimate of drug-likeness (QED) is 0.737. The Kier molecular flexibility index (Phi) is 5.66. The molecule has 2 N–H and O–H groups in total. The summed E-state index contributed by atoms with van der Waals surface area (Å²) in [5, 5.41) is 20.7. The van der Waals surface area contributed by atoms with Crippen molar-refractivity contribution in [1.82, 2.24) is 0 Å². The summed E-state index contributed by atoms with van der Waals surface area (Å²) in [6.45, 7) is 3.83. The Bertz CT molecular complexity index is 976. The first-order chi connectivity index (χ1) is 13.0. The van der Waals surface area contributed by atoms with E-state index in [0.717, 1.165) is 5.56 Å². The summed E-state index contributed by atoms with van der Waals surface area (Å²) in [5.41, 5.74) is 2.42. The summed E-state index contributed by atoms with van der Waals surface area (Å²) < 4.78 is 5.09. The number of rotatable bonds is 4. The zero-order valence-electron chi connectivity index (χ0n) is 15.0. The van der Waals surface area contributed by atoms with Gasteiger partial charge >= 0.3 is 5.97 Å². The first-order valence-electron chi connectivity index (χ1n) is 8.43. The van der Waals surface area contributed by atoms with Gasteiger partial charge in [0, 0.05) is 0 Å². The smallest absolute Gasteiger partial charge is 0.344 e. The molecule has 138 valence electrons. The lowest BCUT2D eigenvalue weighted by atomic mass is 10.1. The molecule has 0 unspecified atom stereocenters. The van der Waals surface area contributed by atoms with Crippen LogP contribution in [0.5, 0.6) is 5.75 Å². The SMILES string of the molecule is CCOC(=O)C1=C(O)/C(=C\c2cccc(O)c2)SC1=Nc1ccccc1C. The van der Waals surface area contributed by atoms with Crippen molar-refractivity contribution in [3.63, 3.8) is 0 Å². The number of esters is 1. The van der Waals surface area contributed by atoms with E-state index in [9.17, 15) is 15.0 Å². The number of thioether (sulfide) groups is 1. The van der Waals surface area contributed by atoms with E-state index < -0.39 is 5.97 Å². The molecule has 6 heteroatoms. The summed E-state index contributed by atoms with van der Waals surface area (Å²) in [5.74, 6) is -0.668. The molecule has 0 fully saturated rings. The Hall–Kier alpha value is -2.99. The number of nitrogens with zero attached hydrogens (tertiary/aromatic N) is 1. The zero-order valence-corrected chi connectivity index (χ0v) is 15.8. The van der Waals surface area contributed by atoms with Gasteiger partial charge < -0.3 is 14.9 Å². The predicted octanol–water partition coefficient (Wildman–Crippen LogP) is 4.89. The van der Waals surface area contributed by atoms with Crippen LogP contribution in [0.2, 0.25) is 0 Å². The average Bonchev–Trinajstić information content (AvgIpc) is 2.92. The molecule has 2 aromatic carbocycles. The molecule has 0 atom stereocenters. The standard InChI is InChI=1S/C21H19NO4S/c1-3-26-21(25)18-19(24)17(12-14-8-6-9-15(23)11-14)27-20(18)22-16-10-5-4-7-13(16)2/h4-12,23-24H,3H2,1-2H3/b17-12+,22-20?. The molecule has 5 nitrogen and oxygen atoms in total. The second-order valence-corrected chi connectivity index (χ2v) is 6.88. The summed E-state index contributed by atoms with van der Waals surface area (Å²) in [7, 11) is 0. The van der Waals surface area contributed by atoms with E-state index in [1.807, 2.05) is 31.2 Å². The highest BCUT2D eigenvalue weighted by atomic mass is 32.2. The monoisotopic (exact) mass is 381 g/mol. The van der Waals surface area contributed by atoms with Crippen LogP contribution in [-0.2, 0) is 9.53 Å². The number of aliphatic imine (C=N–C) groups is 1. The fourth-order valence-electron chi connectivity index (χ4n) is 2.56. The first-order valence-corrected chi connectivity index (χ1v) is 9.25. The third-order valence-corrected chi connectivity index (χ3v) is 4.90. The van der Waals surface area contributed by atoms with Gasteiger partial charge in [0.1, 0.15) is 22.1 Å². The van der Waals surface area contributed by atoms with Crippen LogP contribution in [-0.4, -0.2) is 27.8 Å². The van der Waals surface area contributed by atoms with E-state index in [2.05, 4.69) is 4.99 Å². The number of ether oxygens (including phenoxy) is 1. The molecule has 0 bridgehead atoms. The number of carbonyl (C=O) groups excluding carboxylic acids is 1. The Morgan fingerprint density at radius 2 is 1.96 bits per heavy atom. The van der Waals surface area contributed by atoms with Crippen molar-refractivity contribution in [2.24, 2.45) is 4.99 Å². The van der Waals surface area contributed by atoms with E-state index in [1.165, 1.54) is 11.8 Å². The van der Waals surface area contributed by atoms with Crippen molar-refractivity contribution in [3.05, 3.63) is 75.9 Å². The third kappa shape index (κ3) is 4.23. The van der Waals surface area contributed by atoms with Crippen molar-refractivity contribution in [2.75, 3.05) is 6.61 Å². The van der Waals surface area contributed by atoms with Gasteiger partial charge in [0.05, 0.1) is 17.2 Å². The molecule has 0 spiro atoms. The number of hydrogen-bond acceptors (Lipinski definition) is 6. The number of phenolic OH excluding ortho intramolecular Hbond substituents is 1. The summed E-state index contributed by atoms with van der Waals surface area (Å²) in [6, 6.07) is 14.2. The Morgan fingerprint density at radius 1 is 1.19 bits per heavy atom. The minimum absolute atomic E-state index is 0.0523. The third-order valence-electron chi connectivity index (χ3n) is 3.88. The molecule has 0 aromatic heterocycles. The summed E-state index contributed by atoms with van der Waals surface area (Å²) in [4.78, 5) is 17.4. The van der Waals surface area contributed by atoms with Crippen LogP contribution >= 0.6 is 11.8 Å². The van der Waals surface area contributed by atoms with Crippen LogP contribution in [0.3, 0.4) is 0 Å². The number of aliphatic hydroxyl groups excluding tert-OH is 1. The molecule has 0 aliphatic carbocycles. The highest BCUT2D eigenvalue weighted by molar-refractivity contribution is 8.18. The van der Waals surface area contributed by atoms with Crippen molar-refractivity contribution >= 4 is 34.5 Å². The fraction of sp³-hybridized carbons (Fsp3) is 0.143. The normalized spacial score (nSPS) is 17.0. The van der Waals surface area contributed by atoms with Crippen molar-refractivity contribution in [2.45, 2.75) is 13.8 Å². The van der Waals surface area contributed by atoms with Gasteiger partial charge in [-0.2, -0.15) is 0 Å². The van der Waals surface area contributed by atoms with E-state index in [-0.39, 0.29) is 23.7 Å². The molecule has 0 amide bonds. The highest BCUT2D eigenvalue weighted by Crippen LogP contribution is 2.40. The van der Waals surface area contributed by atoms with Crippen LogP contribution in [0.15, 0.2) is 69.8 Å². The molecule has 0 saturated carbocycles. The second kappa shape index (κ2) is 8.14. The summed E-state index contributed by atoms with van der Waals surface area (Å²) in [6.07, 6.45) is 1.69. The van der Waals surface area contributed by atoms with E-state index in [1.54, 1.807) is 37.3 Å². The molecule has 0 radical (unpaired) electrons. The molecule has 2 aromatic rings. The molecule has 1 aliphatic rings. The number of aromatic hydroxyl groups is 1. The number of phenols is 1. The predicted molar refractivity (Wildman–Crippen MR) is 108 cm³/mol. The van der Waals surface area contributed by atoms with Gasteiger partial charge in [0.15, 0.2) is 0 Å². The maximum atomic E-state index is 12.4. The summed E-state index contributed by atoms with van der Waals surface area (Å²) >= 11 is 1.19. The van der Waals surface area contributed by atoms with Crippen molar-refractivity contribution in [1.29, 1.82) is 0 Å². The number of para-hydroxylation sites is 1. The largest absolute Gasteiger partial charge is 0.508 e. The number of carbonyl (C=O) groups is 1. The lowest BCUT2D eigenvalue weighted by Gasteiger charge is -2.05. The van der Waals surface area contributed by atoms with Crippen LogP contribution in [0.4, 0.5) is 5.69 Å². The maximum Gasteiger partial charge on any atom is 0.344 e. The van der Waals surface area contributed by atoms with Crippen molar-refractivity contribution < 1.29 is 19.7 Å². The second-order valence-electron chi connectivity index (χ2n) is 5.85. The average molecular weight is 381 g/mol. The number of benzene rings is 2. The van der Waals surface area contributed by atoms with Gasteiger partial charge in [0.25, 0.3) is 0 Å². The lowest BCUT2D eigenvalue weighted by Crippen LogP contribution is -2.12. The van der Waals surface area contributed by atoms with Gasteiger partial charge in [-0.25, -0.2) is 9.79 Å². The van der Waals surface area contributed by atoms with Gasteiger partial charge in [-0.3, -0.25) is 0 Å². The first kappa shape index (κ1) is 18.8. The highest BCUT2D eigenvalue weighted by Gasteiger charge is 2.33. The molecule has 0 saturated heterocycles. The van der Waals surface area contributed by atoms with Crippen LogP contribution < -0.4 is 0 Å². The molecule has 27 heavy (non-hydrogen) atoms. The molecular weight excluding hydrogens is 362 g/mol. The van der Waals surface area contributed by atoms with E-state index in [0.29, 0.717) is 21.2 Å². The van der Waals surface area contributed by atoms with Gasteiger partial charge in [-0.1, -0.05) is 42.1 Å². The topological polar surface area (TPSA) is 79.1 Å². The Morgan fingerprint density at radius 3 is 2.67 bits per heavy atom. The molecular formula is C21H19NO4S. The number of aliphatic hydroxyl groups is 1.